The first kappa shape index (κ1) is 14.4. The monoisotopic (exact) mass is 346 g/mol. The van der Waals surface area contributed by atoms with Crippen LogP contribution in [0.2, 0.25) is 0 Å². The van der Waals surface area contributed by atoms with E-state index in [1.165, 1.54) is 11.1 Å². The van der Waals surface area contributed by atoms with Crippen molar-refractivity contribution in [3.8, 4) is 5.75 Å². The maximum Gasteiger partial charge on any atom is 0.123 e. The van der Waals surface area contributed by atoms with Gasteiger partial charge in [-0.3, -0.25) is 0 Å². The van der Waals surface area contributed by atoms with Gasteiger partial charge >= 0.3 is 0 Å². The van der Waals surface area contributed by atoms with Gasteiger partial charge in [0.1, 0.15) is 16.0 Å². The standard InChI is InChI=1S/C17H19BrN2O/c1-11-14(5-7-16(18)20-11)19-10-12-4-6-15-13(8-12)9-17(2,3)21-15/h4-8,19H,9-10H2,1-3H3. The Kier molecular flexibility index (Phi) is 3.66. The van der Waals surface area contributed by atoms with Crippen molar-refractivity contribution in [3.63, 3.8) is 0 Å². The fourth-order valence-corrected chi connectivity index (χ4v) is 3.09. The topological polar surface area (TPSA) is 34.2 Å². The first-order chi connectivity index (χ1) is 9.93. The minimum Gasteiger partial charge on any atom is -0.487 e. The molecule has 1 N–H and O–H groups in total. The van der Waals surface area contributed by atoms with E-state index in [0.717, 1.165) is 34.7 Å². The minimum absolute atomic E-state index is 0.0827. The number of hydrogen-bond donors (Lipinski definition) is 1. The van der Waals surface area contributed by atoms with Crippen molar-refractivity contribution in [1.29, 1.82) is 0 Å². The van der Waals surface area contributed by atoms with E-state index in [4.69, 9.17) is 4.74 Å². The Labute approximate surface area is 133 Å². The van der Waals surface area contributed by atoms with Gasteiger partial charge in [-0.25, -0.2) is 4.98 Å². The number of nitrogens with zero attached hydrogens (tertiary/aromatic N) is 1. The molecule has 0 bridgehead atoms. The van der Waals surface area contributed by atoms with Gasteiger partial charge in [0, 0.05) is 13.0 Å². The molecule has 110 valence electrons. The van der Waals surface area contributed by atoms with E-state index in [1.54, 1.807) is 0 Å². The quantitative estimate of drug-likeness (QED) is 0.832. The molecule has 0 atom stereocenters. The Balaban J connectivity index is 1.72. The van der Waals surface area contributed by atoms with Crippen LogP contribution in [0, 0.1) is 6.92 Å². The summed E-state index contributed by atoms with van der Waals surface area (Å²) >= 11 is 3.38. The van der Waals surface area contributed by atoms with Gasteiger partial charge in [-0.05, 0) is 66.0 Å². The van der Waals surface area contributed by atoms with Crippen LogP contribution < -0.4 is 10.1 Å². The van der Waals surface area contributed by atoms with Crippen molar-refractivity contribution in [2.75, 3.05) is 5.32 Å². The van der Waals surface area contributed by atoms with Gasteiger partial charge in [0.2, 0.25) is 0 Å². The van der Waals surface area contributed by atoms with Crippen LogP contribution in [0.5, 0.6) is 5.75 Å². The summed E-state index contributed by atoms with van der Waals surface area (Å²) in [5.41, 5.74) is 4.54. The molecule has 21 heavy (non-hydrogen) atoms. The van der Waals surface area contributed by atoms with Crippen molar-refractivity contribution in [3.05, 3.63) is 51.8 Å². The molecule has 2 heterocycles. The van der Waals surface area contributed by atoms with Crippen molar-refractivity contribution in [1.82, 2.24) is 4.98 Å². The third-order valence-electron chi connectivity index (χ3n) is 3.66. The zero-order chi connectivity index (χ0) is 15.0. The van der Waals surface area contributed by atoms with E-state index >= 15 is 0 Å². The Hall–Kier alpha value is -1.55. The van der Waals surface area contributed by atoms with Crippen LogP contribution >= 0.6 is 15.9 Å². The number of fused-ring (bicyclic) bond motifs is 1. The lowest BCUT2D eigenvalue weighted by Crippen LogP contribution is -2.24. The molecule has 0 amide bonds. The van der Waals surface area contributed by atoms with E-state index in [2.05, 4.69) is 58.3 Å². The zero-order valence-corrected chi connectivity index (χ0v) is 14.1. The summed E-state index contributed by atoms with van der Waals surface area (Å²) in [5.74, 6) is 1.02. The van der Waals surface area contributed by atoms with Crippen LogP contribution in [0.25, 0.3) is 0 Å². The van der Waals surface area contributed by atoms with Crippen LogP contribution in [-0.2, 0) is 13.0 Å². The summed E-state index contributed by atoms with van der Waals surface area (Å²) in [6, 6.07) is 10.4. The number of nitrogens with one attached hydrogen (secondary N) is 1. The lowest BCUT2D eigenvalue weighted by atomic mass is 10.0. The van der Waals surface area contributed by atoms with Crippen LogP contribution in [0.3, 0.4) is 0 Å². The van der Waals surface area contributed by atoms with Gasteiger partial charge in [-0.15, -0.1) is 0 Å². The van der Waals surface area contributed by atoms with Crippen LogP contribution in [0.4, 0.5) is 5.69 Å². The van der Waals surface area contributed by atoms with Gasteiger partial charge in [0.05, 0.1) is 11.4 Å². The molecule has 3 rings (SSSR count). The molecular weight excluding hydrogens is 328 g/mol. The second-order valence-corrected chi connectivity index (χ2v) is 6.91. The second kappa shape index (κ2) is 5.34. The molecule has 0 aliphatic carbocycles. The Morgan fingerprint density at radius 2 is 2.10 bits per heavy atom. The average molecular weight is 347 g/mol. The van der Waals surface area contributed by atoms with Gasteiger partial charge < -0.3 is 10.1 Å². The van der Waals surface area contributed by atoms with Gasteiger partial charge in [0.25, 0.3) is 0 Å². The van der Waals surface area contributed by atoms with Crippen molar-refractivity contribution in [2.45, 2.75) is 39.3 Å². The molecule has 0 spiro atoms. The van der Waals surface area contributed by atoms with Gasteiger partial charge in [-0.1, -0.05) is 12.1 Å². The normalized spacial score (nSPS) is 15.4. The van der Waals surface area contributed by atoms with Gasteiger partial charge in [-0.2, -0.15) is 0 Å². The molecule has 3 nitrogen and oxygen atoms in total. The Morgan fingerprint density at radius 3 is 2.86 bits per heavy atom. The molecule has 1 aliphatic heterocycles. The molecule has 0 saturated carbocycles. The number of aryl methyl sites for hydroxylation is 1. The summed E-state index contributed by atoms with van der Waals surface area (Å²) in [4.78, 5) is 4.40. The largest absolute Gasteiger partial charge is 0.487 e. The number of rotatable bonds is 3. The summed E-state index contributed by atoms with van der Waals surface area (Å²) in [6.07, 6.45) is 0.967. The smallest absolute Gasteiger partial charge is 0.123 e. The third-order valence-corrected chi connectivity index (χ3v) is 4.10. The molecule has 1 aliphatic rings. The predicted octanol–water partition coefficient (Wildman–Crippen LogP) is 4.48. The average Bonchev–Trinajstić information content (AvgIpc) is 2.70. The lowest BCUT2D eigenvalue weighted by Gasteiger charge is -2.16. The van der Waals surface area contributed by atoms with E-state index in [-0.39, 0.29) is 5.60 Å². The molecule has 2 aromatic rings. The first-order valence-electron chi connectivity index (χ1n) is 7.11. The highest BCUT2D eigenvalue weighted by atomic mass is 79.9. The molecule has 0 fully saturated rings. The van der Waals surface area contributed by atoms with E-state index in [9.17, 15) is 0 Å². The van der Waals surface area contributed by atoms with Crippen molar-refractivity contribution >= 4 is 21.6 Å². The predicted molar refractivity (Wildman–Crippen MR) is 88.9 cm³/mol. The molecule has 0 radical (unpaired) electrons. The fourth-order valence-electron chi connectivity index (χ4n) is 2.69. The summed E-state index contributed by atoms with van der Waals surface area (Å²) in [7, 11) is 0. The zero-order valence-electron chi connectivity index (χ0n) is 12.5. The van der Waals surface area contributed by atoms with E-state index in [1.807, 2.05) is 19.1 Å². The number of benzene rings is 1. The number of pyridine rings is 1. The van der Waals surface area contributed by atoms with Crippen molar-refractivity contribution in [2.24, 2.45) is 0 Å². The molecule has 4 heteroatoms. The summed E-state index contributed by atoms with van der Waals surface area (Å²) in [6.45, 7) is 7.05. The van der Waals surface area contributed by atoms with Crippen LogP contribution in [0.1, 0.15) is 30.7 Å². The number of hydrogen-bond acceptors (Lipinski definition) is 3. The molecular formula is C17H19BrN2O. The second-order valence-electron chi connectivity index (χ2n) is 6.10. The fraction of sp³-hybridized carbons (Fsp3) is 0.353. The maximum atomic E-state index is 5.91. The van der Waals surface area contributed by atoms with Gasteiger partial charge in [0.15, 0.2) is 0 Å². The molecule has 1 aromatic heterocycles. The lowest BCUT2D eigenvalue weighted by molar-refractivity contribution is 0.138. The first-order valence-corrected chi connectivity index (χ1v) is 7.90. The highest BCUT2D eigenvalue weighted by molar-refractivity contribution is 9.10. The van der Waals surface area contributed by atoms with Crippen molar-refractivity contribution < 1.29 is 4.74 Å². The highest BCUT2D eigenvalue weighted by Crippen LogP contribution is 2.35. The highest BCUT2D eigenvalue weighted by Gasteiger charge is 2.29. The number of halogens is 1. The number of anilines is 1. The van der Waals surface area contributed by atoms with Crippen LogP contribution in [-0.4, -0.2) is 10.6 Å². The number of ether oxygens (including phenoxy) is 1. The Bertz CT molecular complexity index is 682. The molecule has 1 aromatic carbocycles. The maximum absolute atomic E-state index is 5.91. The third kappa shape index (κ3) is 3.21. The number of aromatic nitrogens is 1. The Morgan fingerprint density at radius 1 is 1.29 bits per heavy atom. The molecule has 0 unspecified atom stereocenters. The van der Waals surface area contributed by atoms with E-state index < -0.39 is 0 Å². The minimum atomic E-state index is -0.0827. The molecule has 0 saturated heterocycles. The summed E-state index contributed by atoms with van der Waals surface area (Å²) < 4.78 is 6.77. The summed E-state index contributed by atoms with van der Waals surface area (Å²) in [5, 5.41) is 3.44. The SMILES string of the molecule is Cc1nc(Br)ccc1NCc1ccc2c(c1)CC(C)(C)O2. The van der Waals surface area contributed by atoms with Crippen LogP contribution in [0.15, 0.2) is 34.9 Å². The van der Waals surface area contributed by atoms with E-state index in [0.29, 0.717) is 0 Å².